The van der Waals surface area contributed by atoms with Crippen LogP contribution in [-0.2, 0) is 9.47 Å². The van der Waals surface area contributed by atoms with Crippen LogP contribution in [0.15, 0.2) is 12.7 Å². The van der Waals surface area contributed by atoms with Gasteiger partial charge in [0.15, 0.2) is 0 Å². The largest absolute Gasteiger partial charge is 0.508 e. The second kappa shape index (κ2) is 6.25. The van der Waals surface area contributed by atoms with Crippen LogP contribution in [0.3, 0.4) is 0 Å². The van der Waals surface area contributed by atoms with Gasteiger partial charge in [-0.1, -0.05) is 18.6 Å². The Morgan fingerprint density at radius 1 is 1.75 bits per heavy atom. The summed E-state index contributed by atoms with van der Waals surface area (Å²) in [5.41, 5.74) is 0. The topological polar surface area (TPSA) is 55.8 Å². The van der Waals surface area contributed by atoms with E-state index >= 15 is 0 Å². The van der Waals surface area contributed by atoms with Gasteiger partial charge in [-0.15, -0.1) is 6.42 Å². The molecule has 0 heterocycles. The number of carbonyl (C=O) groups is 1. The first-order valence-electron chi connectivity index (χ1n) is 3.25. The zero-order valence-electron chi connectivity index (χ0n) is 6.53. The molecule has 0 saturated heterocycles. The molecule has 1 atom stereocenters. The zero-order chi connectivity index (χ0) is 9.40. The first kappa shape index (κ1) is 10.5. The molecule has 12 heavy (non-hydrogen) atoms. The smallest absolute Gasteiger partial charge is 0.430 e. The van der Waals surface area contributed by atoms with E-state index in [0.717, 1.165) is 0 Å². The maximum absolute atomic E-state index is 10.6. The Morgan fingerprint density at radius 2 is 2.42 bits per heavy atom. The fraction of sp³-hybridized carbons (Fsp3) is 0.375. The number of hydrogen-bond donors (Lipinski definition) is 1. The molecule has 0 saturated carbocycles. The van der Waals surface area contributed by atoms with E-state index in [1.54, 1.807) is 0 Å². The van der Waals surface area contributed by atoms with Gasteiger partial charge >= 0.3 is 6.16 Å². The number of aliphatic hydroxyl groups excluding tert-OH is 1. The molecule has 1 N–H and O–H groups in total. The molecule has 0 aromatic carbocycles. The highest BCUT2D eigenvalue weighted by Crippen LogP contribution is 1.88. The summed E-state index contributed by atoms with van der Waals surface area (Å²) in [6, 6.07) is 0. The molecule has 0 amide bonds. The molecule has 0 aliphatic heterocycles. The van der Waals surface area contributed by atoms with Crippen LogP contribution in [0.4, 0.5) is 4.79 Å². The number of aliphatic hydroxyl groups is 1. The molecular formula is C8H10O4. The van der Waals surface area contributed by atoms with Crippen LogP contribution >= 0.6 is 0 Å². The number of hydrogen-bond acceptors (Lipinski definition) is 4. The summed E-state index contributed by atoms with van der Waals surface area (Å²) in [6.07, 6.45) is 4.26. The normalized spacial score (nSPS) is 11.0. The van der Waals surface area contributed by atoms with E-state index in [1.165, 1.54) is 6.08 Å². The maximum Gasteiger partial charge on any atom is 0.508 e. The number of carbonyl (C=O) groups excluding carboxylic acids is 1. The third kappa shape index (κ3) is 5.33. The minimum absolute atomic E-state index is 0.0744. The Hall–Kier alpha value is -1.47. The van der Waals surface area contributed by atoms with E-state index < -0.39 is 12.3 Å². The summed E-state index contributed by atoms with van der Waals surface area (Å²) < 4.78 is 8.82. The summed E-state index contributed by atoms with van der Waals surface area (Å²) in [4.78, 5) is 10.6. The minimum atomic E-state index is -1.08. The fourth-order valence-corrected chi connectivity index (χ4v) is 0.364. The van der Waals surface area contributed by atoms with Crippen LogP contribution in [0, 0.1) is 12.3 Å². The molecule has 0 aliphatic rings. The SMILES string of the molecule is C#CC(O)COC(=O)OCC=C. The van der Waals surface area contributed by atoms with Crippen molar-refractivity contribution in [2.75, 3.05) is 13.2 Å². The van der Waals surface area contributed by atoms with E-state index in [-0.39, 0.29) is 13.2 Å². The molecule has 66 valence electrons. The Kier molecular flexibility index (Phi) is 5.49. The molecule has 1 unspecified atom stereocenters. The molecule has 0 radical (unpaired) electrons. The molecule has 0 aromatic rings. The van der Waals surface area contributed by atoms with Gasteiger partial charge in [0.1, 0.15) is 19.3 Å². The molecule has 0 spiro atoms. The fourth-order valence-electron chi connectivity index (χ4n) is 0.364. The lowest BCUT2D eigenvalue weighted by molar-refractivity contribution is 0.0381. The third-order valence-electron chi connectivity index (χ3n) is 0.870. The number of ether oxygens (including phenoxy) is 2. The van der Waals surface area contributed by atoms with Gasteiger partial charge in [-0.2, -0.15) is 0 Å². The molecular weight excluding hydrogens is 160 g/mol. The second-order valence-electron chi connectivity index (χ2n) is 1.84. The Balaban J connectivity index is 3.45. The van der Waals surface area contributed by atoms with E-state index in [2.05, 4.69) is 16.1 Å². The van der Waals surface area contributed by atoms with Crippen molar-refractivity contribution in [1.29, 1.82) is 0 Å². The summed E-state index contributed by atoms with van der Waals surface area (Å²) in [7, 11) is 0. The predicted molar refractivity (Wildman–Crippen MR) is 42.3 cm³/mol. The van der Waals surface area contributed by atoms with Crippen molar-refractivity contribution in [2.45, 2.75) is 6.10 Å². The lowest BCUT2D eigenvalue weighted by Gasteiger charge is -2.04. The van der Waals surface area contributed by atoms with Crippen LogP contribution in [0.5, 0.6) is 0 Å². The van der Waals surface area contributed by atoms with Crippen molar-refractivity contribution in [1.82, 2.24) is 0 Å². The van der Waals surface area contributed by atoms with Crippen LogP contribution in [-0.4, -0.2) is 30.6 Å². The summed E-state index contributed by atoms with van der Waals surface area (Å²) in [5.74, 6) is 1.98. The van der Waals surface area contributed by atoms with Gasteiger partial charge in [0.25, 0.3) is 0 Å². The van der Waals surface area contributed by atoms with E-state index in [9.17, 15) is 4.79 Å². The summed E-state index contributed by atoms with van der Waals surface area (Å²) in [6.45, 7) is 3.15. The van der Waals surface area contributed by atoms with Gasteiger partial charge < -0.3 is 14.6 Å². The van der Waals surface area contributed by atoms with Gasteiger partial charge in [-0.05, 0) is 0 Å². The first-order chi connectivity index (χ1) is 5.70. The van der Waals surface area contributed by atoms with Crippen molar-refractivity contribution in [3.05, 3.63) is 12.7 Å². The predicted octanol–water partition coefficient (Wildman–Crippen LogP) is 0.320. The van der Waals surface area contributed by atoms with E-state index in [0.29, 0.717) is 0 Å². The summed E-state index contributed by atoms with van der Waals surface area (Å²) >= 11 is 0. The van der Waals surface area contributed by atoms with Crippen molar-refractivity contribution < 1.29 is 19.4 Å². The van der Waals surface area contributed by atoms with Gasteiger partial charge in [0.2, 0.25) is 0 Å². The highest BCUT2D eigenvalue weighted by atomic mass is 16.7. The second-order valence-corrected chi connectivity index (χ2v) is 1.84. The highest BCUT2D eigenvalue weighted by Gasteiger charge is 2.05. The average molecular weight is 170 g/mol. The van der Waals surface area contributed by atoms with E-state index in [1.807, 2.05) is 5.92 Å². The van der Waals surface area contributed by atoms with Crippen molar-refractivity contribution in [3.63, 3.8) is 0 Å². The molecule has 0 bridgehead atoms. The number of rotatable bonds is 4. The maximum atomic E-state index is 10.6. The van der Waals surface area contributed by atoms with Gasteiger partial charge in [0.05, 0.1) is 0 Å². The van der Waals surface area contributed by atoms with Gasteiger partial charge in [-0.25, -0.2) is 4.79 Å². The third-order valence-corrected chi connectivity index (χ3v) is 0.870. The molecule has 4 heteroatoms. The standard InChI is InChI=1S/C8H10O4/c1-3-5-11-8(10)12-6-7(9)4-2/h2-3,7,9H,1,5-6H2. The molecule has 0 aromatic heterocycles. The monoisotopic (exact) mass is 170 g/mol. The van der Waals surface area contributed by atoms with Crippen LogP contribution in [0.25, 0.3) is 0 Å². The van der Waals surface area contributed by atoms with Gasteiger partial charge in [-0.3, -0.25) is 0 Å². The Morgan fingerprint density at radius 3 is 2.92 bits per heavy atom. The quantitative estimate of drug-likeness (QED) is 0.375. The number of terminal acetylenes is 1. The minimum Gasteiger partial charge on any atom is -0.430 e. The Bertz CT molecular complexity index is 192. The van der Waals surface area contributed by atoms with Gasteiger partial charge in [0, 0.05) is 0 Å². The van der Waals surface area contributed by atoms with Crippen LogP contribution in [0.2, 0.25) is 0 Å². The first-order valence-corrected chi connectivity index (χ1v) is 3.25. The lowest BCUT2D eigenvalue weighted by Crippen LogP contribution is -2.17. The van der Waals surface area contributed by atoms with Crippen LogP contribution < -0.4 is 0 Å². The van der Waals surface area contributed by atoms with Crippen molar-refractivity contribution in [2.24, 2.45) is 0 Å². The summed E-state index contributed by atoms with van der Waals surface area (Å²) in [5, 5.41) is 8.74. The molecule has 0 rings (SSSR count). The van der Waals surface area contributed by atoms with Crippen LogP contribution in [0.1, 0.15) is 0 Å². The molecule has 0 fully saturated rings. The zero-order valence-corrected chi connectivity index (χ0v) is 6.53. The lowest BCUT2D eigenvalue weighted by atomic mass is 10.4. The molecule has 4 nitrogen and oxygen atoms in total. The average Bonchev–Trinajstić information content (AvgIpc) is 2.10. The molecule has 0 aliphatic carbocycles. The Labute approximate surface area is 70.8 Å². The van der Waals surface area contributed by atoms with Crippen molar-refractivity contribution in [3.8, 4) is 12.3 Å². The van der Waals surface area contributed by atoms with E-state index in [4.69, 9.17) is 11.5 Å². The highest BCUT2D eigenvalue weighted by molar-refractivity contribution is 5.59. The van der Waals surface area contributed by atoms with Crippen molar-refractivity contribution >= 4 is 6.16 Å².